The fourth-order valence-electron chi connectivity index (χ4n) is 2.94. The number of aromatic nitrogens is 1. The third kappa shape index (κ3) is 4.53. The number of carbonyl (C=O) groups is 1. The minimum atomic E-state index is 0. The molecule has 1 amide bonds. The molecule has 1 unspecified atom stereocenters. The molecule has 1 aromatic heterocycles. The zero-order valence-electron chi connectivity index (χ0n) is 13.0. The third-order valence-electron chi connectivity index (χ3n) is 4.07. The molecule has 0 radical (unpaired) electrons. The zero-order chi connectivity index (χ0) is 15.4. The number of nitrogens with two attached hydrogens (primary N) is 1. The Bertz CT molecular complexity index is 632. The van der Waals surface area contributed by atoms with Crippen molar-refractivity contribution in [2.24, 2.45) is 11.7 Å². The van der Waals surface area contributed by atoms with Crippen LogP contribution in [0.1, 0.15) is 27.5 Å². The number of likely N-dealkylation sites (tertiary alicyclic amines) is 1. The molecule has 1 aliphatic heterocycles. The van der Waals surface area contributed by atoms with E-state index in [0.717, 1.165) is 37.4 Å². The van der Waals surface area contributed by atoms with Crippen LogP contribution < -0.4 is 5.73 Å². The molecule has 4 nitrogen and oxygen atoms in total. The summed E-state index contributed by atoms with van der Waals surface area (Å²) in [6, 6.07) is 10.5. The first kappa shape index (κ1) is 17.9. The van der Waals surface area contributed by atoms with Crippen molar-refractivity contribution in [1.29, 1.82) is 0 Å². The molecule has 3 rings (SSSR count). The van der Waals surface area contributed by atoms with Crippen molar-refractivity contribution < 1.29 is 4.79 Å². The van der Waals surface area contributed by atoms with E-state index in [1.807, 2.05) is 16.3 Å². The number of thiazole rings is 1. The van der Waals surface area contributed by atoms with E-state index in [9.17, 15) is 4.79 Å². The number of amides is 1. The summed E-state index contributed by atoms with van der Waals surface area (Å²) in [5.74, 6) is 0.614. The van der Waals surface area contributed by atoms with Gasteiger partial charge in [0.2, 0.25) is 0 Å². The van der Waals surface area contributed by atoms with Crippen LogP contribution in [0.3, 0.4) is 0 Å². The second kappa shape index (κ2) is 8.43. The second-order valence-electron chi connectivity index (χ2n) is 5.76. The highest BCUT2D eigenvalue weighted by atomic mass is 35.5. The lowest BCUT2D eigenvalue weighted by molar-refractivity contribution is 0.0782. The summed E-state index contributed by atoms with van der Waals surface area (Å²) in [7, 11) is 0. The lowest BCUT2D eigenvalue weighted by atomic mass is 9.99. The van der Waals surface area contributed by atoms with Gasteiger partial charge >= 0.3 is 0 Å². The SMILES string of the molecule is Cl.NCCc1nc(C(=O)N2CCC(Cc3ccccc3)C2)cs1. The number of halogens is 1. The summed E-state index contributed by atoms with van der Waals surface area (Å²) in [6.45, 7) is 2.24. The number of benzene rings is 1. The van der Waals surface area contributed by atoms with E-state index in [2.05, 4.69) is 29.2 Å². The van der Waals surface area contributed by atoms with Crippen molar-refractivity contribution in [3.63, 3.8) is 0 Å². The smallest absolute Gasteiger partial charge is 0.273 e. The summed E-state index contributed by atoms with van der Waals surface area (Å²) in [5.41, 5.74) is 7.46. The molecule has 2 aromatic rings. The van der Waals surface area contributed by atoms with Crippen LogP contribution in [0.2, 0.25) is 0 Å². The first-order valence-electron chi connectivity index (χ1n) is 7.74. The summed E-state index contributed by atoms with van der Waals surface area (Å²) < 4.78 is 0. The van der Waals surface area contributed by atoms with Gasteiger partial charge in [0.15, 0.2) is 0 Å². The van der Waals surface area contributed by atoms with Gasteiger partial charge in [0.05, 0.1) is 5.01 Å². The molecule has 0 bridgehead atoms. The maximum absolute atomic E-state index is 12.5. The molecule has 23 heavy (non-hydrogen) atoms. The number of hydrogen-bond donors (Lipinski definition) is 1. The predicted molar refractivity (Wildman–Crippen MR) is 96.3 cm³/mol. The third-order valence-corrected chi connectivity index (χ3v) is 4.98. The largest absolute Gasteiger partial charge is 0.337 e. The van der Waals surface area contributed by atoms with E-state index in [4.69, 9.17) is 5.73 Å². The van der Waals surface area contributed by atoms with Crippen LogP contribution in [0.5, 0.6) is 0 Å². The average molecular weight is 352 g/mol. The lowest BCUT2D eigenvalue weighted by Gasteiger charge is -2.15. The minimum Gasteiger partial charge on any atom is -0.337 e. The van der Waals surface area contributed by atoms with Gasteiger partial charge in [-0.25, -0.2) is 4.98 Å². The highest BCUT2D eigenvalue weighted by Gasteiger charge is 2.28. The number of rotatable bonds is 5. The first-order valence-corrected chi connectivity index (χ1v) is 8.62. The van der Waals surface area contributed by atoms with Crippen LogP contribution in [0.4, 0.5) is 0 Å². The molecule has 0 spiro atoms. The van der Waals surface area contributed by atoms with Gasteiger partial charge in [-0.3, -0.25) is 4.79 Å². The van der Waals surface area contributed by atoms with Crippen LogP contribution in [-0.4, -0.2) is 35.4 Å². The Labute approximate surface area is 147 Å². The van der Waals surface area contributed by atoms with Crippen LogP contribution in [0, 0.1) is 5.92 Å². The molecule has 0 saturated carbocycles. The van der Waals surface area contributed by atoms with E-state index in [0.29, 0.717) is 18.2 Å². The Kier molecular flexibility index (Phi) is 6.57. The summed E-state index contributed by atoms with van der Waals surface area (Å²) in [6.07, 6.45) is 2.86. The van der Waals surface area contributed by atoms with Crippen molar-refractivity contribution in [2.75, 3.05) is 19.6 Å². The molecule has 1 saturated heterocycles. The normalized spacial score (nSPS) is 17.1. The van der Waals surface area contributed by atoms with E-state index in [1.165, 1.54) is 16.9 Å². The Morgan fingerprint density at radius 2 is 2.13 bits per heavy atom. The Balaban J connectivity index is 0.00000192. The monoisotopic (exact) mass is 351 g/mol. The maximum atomic E-state index is 12.5. The van der Waals surface area contributed by atoms with Gasteiger partial charge in [-0.2, -0.15) is 0 Å². The van der Waals surface area contributed by atoms with Crippen LogP contribution in [0.25, 0.3) is 0 Å². The molecular formula is C17H22ClN3OS. The zero-order valence-corrected chi connectivity index (χ0v) is 14.6. The minimum absolute atomic E-state index is 0. The Morgan fingerprint density at radius 3 is 2.87 bits per heavy atom. The highest BCUT2D eigenvalue weighted by molar-refractivity contribution is 7.09. The number of hydrogen-bond acceptors (Lipinski definition) is 4. The number of carbonyl (C=O) groups excluding carboxylic acids is 1. The first-order chi connectivity index (χ1) is 10.8. The van der Waals surface area contributed by atoms with Crippen molar-refractivity contribution in [3.05, 3.63) is 52.0 Å². The molecular weight excluding hydrogens is 330 g/mol. The van der Waals surface area contributed by atoms with Crippen LogP contribution in [-0.2, 0) is 12.8 Å². The van der Waals surface area contributed by atoms with Gasteiger partial charge in [-0.15, -0.1) is 23.7 Å². The van der Waals surface area contributed by atoms with E-state index < -0.39 is 0 Å². The van der Waals surface area contributed by atoms with Gasteiger partial charge in [0, 0.05) is 24.9 Å². The van der Waals surface area contributed by atoms with Gasteiger partial charge in [0.1, 0.15) is 5.69 Å². The van der Waals surface area contributed by atoms with E-state index in [1.54, 1.807) is 0 Å². The molecule has 2 heterocycles. The van der Waals surface area contributed by atoms with E-state index >= 15 is 0 Å². The van der Waals surface area contributed by atoms with E-state index in [-0.39, 0.29) is 18.3 Å². The molecule has 124 valence electrons. The molecule has 1 fully saturated rings. The molecule has 0 aliphatic carbocycles. The summed E-state index contributed by atoms with van der Waals surface area (Å²) in [5, 5.41) is 2.81. The van der Waals surface area contributed by atoms with Crippen molar-refractivity contribution in [1.82, 2.24) is 9.88 Å². The van der Waals surface area contributed by atoms with Gasteiger partial charge in [0.25, 0.3) is 5.91 Å². The molecule has 1 aliphatic rings. The molecule has 6 heteroatoms. The summed E-state index contributed by atoms with van der Waals surface area (Å²) in [4.78, 5) is 18.8. The van der Waals surface area contributed by atoms with Gasteiger partial charge < -0.3 is 10.6 Å². The standard InChI is InChI=1S/C17H21N3OS.ClH/c18-8-6-16-19-15(12-22-16)17(21)20-9-7-14(11-20)10-13-4-2-1-3-5-13;/h1-5,12,14H,6-11,18H2;1H. The fourth-order valence-corrected chi connectivity index (χ4v) is 3.73. The topological polar surface area (TPSA) is 59.2 Å². The predicted octanol–water partition coefficient (Wildman–Crippen LogP) is 2.77. The van der Waals surface area contributed by atoms with Gasteiger partial charge in [-0.05, 0) is 30.9 Å². The van der Waals surface area contributed by atoms with Crippen LogP contribution >= 0.6 is 23.7 Å². The van der Waals surface area contributed by atoms with Crippen molar-refractivity contribution in [2.45, 2.75) is 19.3 Å². The second-order valence-corrected chi connectivity index (χ2v) is 6.70. The van der Waals surface area contributed by atoms with Gasteiger partial charge in [-0.1, -0.05) is 30.3 Å². The average Bonchev–Trinajstić information content (AvgIpc) is 3.18. The summed E-state index contributed by atoms with van der Waals surface area (Å²) >= 11 is 1.53. The fraction of sp³-hybridized carbons (Fsp3) is 0.412. The van der Waals surface area contributed by atoms with Crippen molar-refractivity contribution >= 4 is 29.7 Å². The van der Waals surface area contributed by atoms with Crippen LogP contribution in [0.15, 0.2) is 35.7 Å². The molecule has 2 N–H and O–H groups in total. The Morgan fingerprint density at radius 1 is 1.35 bits per heavy atom. The molecule has 1 aromatic carbocycles. The quantitative estimate of drug-likeness (QED) is 0.901. The highest BCUT2D eigenvalue weighted by Crippen LogP contribution is 2.23. The maximum Gasteiger partial charge on any atom is 0.273 e. The number of nitrogens with zero attached hydrogens (tertiary/aromatic N) is 2. The Hall–Kier alpha value is -1.43. The molecule has 1 atom stereocenters. The lowest BCUT2D eigenvalue weighted by Crippen LogP contribution is -2.29. The van der Waals surface area contributed by atoms with Crippen molar-refractivity contribution in [3.8, 4) is 0 Å².